The molecule has 1 aliphatic heterocycles. The molecule has 1 aliphatic rings. The molecule has 1 aromatic rings. The maximum absolute atomic E-state index is 13.4. The van der Waals surface area contributed by atoms with Gasteiger partial charge >= 0.3 is 0 Å². The number of benzene rings is 1. The third-order valence-corrected chi connectivity index (χ3v) is 4.88. The average molecular weight is 336 g/mol. The number of halogens is 2. The Hall–Kier alpha value is -1.18. The van der Waals surface area contributed by atoms with Crippen molar-refractivity contribution < 1.29 is 22.3 Å². The molecule has 0 radical (unpaired) electrons. The summed E-state index contributed by atoms with van der Waals surface area (Å²) < 4.78 is 41.6. The Morgan fingerprint density at radius 3 is 2.52 bits per heavy atom. The summed E-state index contributed by atoms with van der Waals surface area (Å²) in [7, 11) is 2.79. The van der Waals surface area contributed by atoms with Gasteiger partial charge in [-0.2, -0.15) is 0 Å². The molecule has 1 amide bonds. The van der Waals surface area contributed by atoms with Gasteiger partial charge in [0.25, 0.3) is 15.0 Å². The van der Waals surface area contributed by atoms with Crippen LogP contribution in [0.3, 0.4) is 0 Å². The summed E-state index contributed by atoms with van der Waals surface area (Å²) in [5.74, 6) is -1.22. The molecule has 0 N–H and O–H groups in total. The maximum Gasteiger partial charge on any atom is 0.262 e. The lowest BCUT2D eigenvalue weighted by Crippen LogP contribution is -2.41. The molecule has 5 nitrogen and oxygen atoms in total. The van der Waals surface area contributed by atoms with Crippen molar-refractivity contribution in [1.82, 2.24) is 4.90 Å². The van der Waals surface area contributed by atoms with Crippen molar-refractivity contribution in [2.45, 2.75) is 23.8 Å². The molecule has 1 saturated heterocycles. The number of ether oxygens (including phenoxy) is 1. The molecule has 1 aromatic carbocycles. The molecule has 0 aromatic heterocycles. The third kappa shape index (κ3) is 3.72. The van der Waals surface area contributed by atoms with Crippen LogP contribution in [0.15, 0.2) is 23.1 Å². The summed E-state index contributed by atoms with van der Waals surface area (Å²) in [5, 5.41) is 0. The highest BCUT2D eigenvalue weighted by Gasteiger charge is 2.28. The van der Waals surface area contributed by atoms with Crippen molar-refractivity contribution in [3.63, 3.8) is 0 Å². The fourth-order valence-corrected chi connectivity index (χ4v) is 3.39. The summed E-state index contributed by atoms with van der Waals surface area (Å²) in [4.78, 5) is 13.5. The van der Waals surface area contributed by atoms with E-state index in [-0.39, 0.29) is 16.6 Å². The number of likely N-dealkylation sites (tertiary alicyclic amines) is 1. The van der Waals surface area contributed by atoms with Crippen LogP contribution < -0.4 is 0 Å². The van der Waals surface area contributed by atoms with Crippen LogP contribution in [0.1, 0.15) is 23.2 Å². The molecule has 2 rings (SSSR count). The fourth-order valence-electron chi connectivity index (χ4n) is 2.35. The van der Waals surface area contributed by atoms with Gasteiger partial charge in [0.2, 0.25) is 0 Å². The van der Waals surface area contributed by atoms with Gasteiger partial charge in [0, 0.05) is 30.9 Å². The minimum atomic E-state index is -4.12. The first kappa shape index (κ1) is 16.2. The van der Waals surface area contributed by atoms with Crippen LogP contribution in [0.2, 0.25) is 0 Å². The van der Waals surface area contributed by atoms with Gasteiger partial charge < -0.3 is 9.64 Å². The average Bonchev–Trinajstić information content (AvgIpc) is 2.45. The topological polar surface area (TPSA) is 63.7 Å². The zero-order chi connectivity index (χ0) is 15.6. The van der Waals surface area contributed by atoms with E-state index in [0.717, 1.165) is 18.2 Å². The number of hydrogen-bond donors (Lipinski definition) is 0. The van der Waals surface area contributed by atoms with Crippen LogP contribution in [-0.4, -0.2) is 45.5 Å². The van der Waals surface area contributed by atoms with E-state index in [4.69, 9.17) is 15.4 Å². The van der Waals surface area contributed by atoms with Crippen molar-refractivity contribution in [2.75, 3.05) is 20.2 Å². The summed E-state index contributed by atoms with van der Waals surface area (Å²) in [6.45, 7) is 0.852. The molecule has 21 heavy (non-hydrogen) atoms. The molecule has 0 aliphatic carbocycles. The maximum atomic E-state index is 13.4. The highest BCUT2D eigenvalue weighted by molar-refractivity contribution is 8.13. The Labute approximate surface area is 127 Å². The highest BCUT2D eigenvalue weighted by Crippen LogP contribution is 2.24. The molecule has 0 spiro atoms. The van der Waals surface area contributed by atoms with Gasteiger partial charge in [0.05, 0.1) is 16.6 Å². The van der Waals surface area contributed by atoms with Crippen LogP contribution >= 0.6 is 10.7 Å². The molecule has 116 valence electrons. The minimum Gasteiger partial charge on any atom is -0.381 e. The molecular formula is C13H15ClFNO4S. The van der Waals surface area contributed by atoms with Crippen LogP contribution in [-0.2, 0) is 13.8 Å². The summed E-state index contributed by atoms with van der Waals surface area (Å²) >= 11 is 0. The smallest absolute Gasteiger partial charge is 0.262 e. The second-order valence-electron chi connectivity index (χ2n) is 4.81. The first-order chi connectivity index (χ1) is 9.82. The van der Waals surface area contributed by atoms with E-state index < -0.39 is 20.8 Å². The van der Waals surface area contributed by atoms with E-state index in [1.54, 1.807) is 7.11 Å². The number of nitrogens with zero attached hydrogens (tertiary/aromatic N) is 1. The first-order valence-corrected chi connectivity index (χ1v) is 8.70. The molecule has 0 unspecified atom stereocenters. The predicted molar refractivity (Wildman–Crippen MR) is 75.4 cm³/mol. The van der Waals surface area contributed by atoms with Gasteiger partial charge in [-0.1, -0.05) is 0 Å². The summed E-state index contributed by atoms with van der Waals surface area (Å²) in [5.41, 5.74) is -0.235. The van der Waals surface area contributed by atoms with Crippen LogP contribution in [0.5, 0.6) is 0 Å². The van der Waals surface area contributed by atoms with Gasteiger partial charge in [0.15, 0.2) is 0 Å². The van der Waals surface area contributed by atoms with Gasteiger partial charge in [-0.15, -0.1) is 0 Å². The lowest BCUT2D eigenvalue weighted by molar-refractivity contribution is 0.0348. The van der Waals surface area contributed by atoms with Crippen molar-refractivity contribution in [1.29, 1.82) is 0 Å². The van der Waals surface area contributed by atoms with Gasteiger partial charge in [-0.3, -0.25) is 4.79 Å². The van der Waals surface area contributed by atoms with E-state index in [0.29, 0.717) is 25.9 Å². The zero-order valence-corrected chi connectivity index (χ0v) is 13.0. The van der Waals surface area contributed by atoms with Gasteiger partial charge in [-0.05, 0) is 31.0 Å². The van der Waals surface area contributed by atoms with Gasteiger partial charge in [-0.25, -0.2) is 12.8 Å². The van der Waals surface area contributed by atoms with Crippen LogP contribution in [0.25, 0.3) is 0 Å². The number of rotatable bonds is 3. The Morgan fingerprint density at radius 1 is 1.38 bits per heavy atom. The fraction of sp³-hybridized carbons (Fsp3) is 0.462. The predicted octanol–water partition coefficient (Wildman–Crippen LogP) is 2.00. The number of piperidine rings is 1. The molecule has 1 heterocycles. The Kier molecular flexibility index (Phi) is 4.85. The summed E-state index contributed by atoms with van der Waals surface area (Å²) in [6.07, 6.45) is 1.39. The number of amides is 1. The molecular weight excluding hydrogens is 321 g/mol. The van der Waals surface area contributed by atoms with E-state index >= 15 is 0 Å². The van der Waals surface area contributed by atoms with E-state index in [1.807, 2.05) is 0 Å². The number of hydrogen-bond acceptors (Lipinski definition) is 4. The highest BCUT2D eigenvalue weighted by atomic mass is 35.7. The number of carbonyl (C=O) groups is 1. The molecule has 0 saturated carbocycles. The zero-order valence-electron chi connectivity index (χ0n) is 11.4. The van der Waals surface area contributed by atoms with E-state index in [2.05, 4.69) is 0 Å². The normalized spacial score (nSPS) is 17.0. The second kappa shape index (κ2) is 6.29. The van der Waals surface area contributed by atoms with E-state index in [9.17, 15) is 17.6 Å². The van der Waals surface area contributed by atoms with Crippen molar-refractivity contribution in [2.24, 2.45) is 0 Å². The summed E-state index contributed by atoms with van der Waals surface area (Å²) in [6, 6.07) is 2.87. The molecule has 1 fully saturated rings. The largest absolute Gasteiger partial charge is 0.381 e. The minimum absolute atomic E-state index is 0.0813. The third-order valence-electron chi connectivity index (χ3n) is 3.50. The lowest BCUT2D eigenvalue weighted by atomic mass is 10.1. The monoisotopic (exact) mass is 335 g/mol. The molecule has 0 atom stereocenters. The number of methoxy groups -OCH3 is 1. The Balaban J connectivity index is 2.29. The lowest BCUT2D eigenvalue weighted by Gasteiger charge is -2.31. The van der Waals surface area contributed by atoms with Crippen molar-refractivity contribution >= 4 is 25.6 Å². The van der Waals surface area contributed by atoms with Crippen molar-refractivity contribution in [3.8, 4) is 0 Å². The second-order valence-corrected chi connectivity index (χ2v) is 7.34. The van der Waals surface area contributed by atoms with Gasteiger partial charge in [0.1, 0.15) is 5.82 Å². The number of carbonyl (C=O) groups excluding carboxylic acids is 1. The first-order valence-electron chi connectivity index (χ1n) is 6.39. The Morgan fingerprint density at radius 2 is 2.00 bits per heavy atom. The van der Waals surface area contributed by atoms with Crippen LogP contribution in [0, 0.1) is 5.82 Å². The SMILES string of the molecule is COC1CCN(C(=O)c2cc(F)ccc2S(=O)(=O)Cl)CC1. The Bertz CT molecular complexity index is 642. The standard InChI is InChI=1S/C13H15ClFNO4S/c1-20-10-4-6-16(7-5-10)13(17)11-8-9(15)2-3-12(11)21(14,18)19/h2-3,8,10H,4-7H2,1H3. The van der Waals surface area contributed by atoms with E-state index in [1.165, 1.54) is 4.90 Å². The quantitative estimate of drug-likeness (QED) is 0.793. The van der Waals surface area contributed by atoms with Crippen LogP contribution in [0.4, 0.5) is 4.39 Å². The van der Waals surface area contributed by atoms with Crippen molar-refractivity contribution in [3.05, 3.63) is 29.6 Å². The molecule has 0 bridgehead atoms. The molecule has 8 heteroatoms.